The highest BCUT2D eigenvalue weighted by molar-refractivity contribution is 5.80. The molecule has 0 bridgehead atoms. The molecule has 6 rings (SSSR count). The first kappa shape index (κ1) is 33.6. The summed E-state index contributed by atoms with van der Waals surface area (Å²) in [5.41, 5.74) is 13.3. The van der Waals surface area contributed by atoms with Gasteiger partial charge in [0.15, 0.2) is 0 Å². The predicted octanol–water partition coefficient (Wildman–Crippen LogP) is 13.7. The summed E-state index contributed by atoms with van der Waals surface area (Å²) in [5.74, 6) is 0. The van der Waals surface area contributed by atoms with E-state index in [0.717, 1.165) is 45.3 Å². The molecule has 0 aromatic heterocycles. The van der Waals surface area contributed by atoms with Gasteiger partial charge in [-0.2, -0.15) is 0 Å². The molecular weight excluding hydrogens is 593 g/mol. The highest BCUT2D eigenvalue weighted by Crippen LogP contribution is 2.38. The van der Waals surface area contributed by atoms with Crippen LogP contribution in [-0.4, -0.2) is 0 Å². The van der Waals surface area contributed by atoms with E-state index in [1.165, 1.54) is 16.7 Å². The highest BCUT2D eigenvalue weighted by atomic mass is 15.1. The van der Waals surface area contributed by atoms with E-state index in [1.54, 1.807) is 0 Å². The van der Waals surface area contributed by atoms with E-state index in [0.29, 0.717) is 0 Å². The minimum absolute atomic E-state index is 0.106. The molecule has 6 aromatic rings. The lowest BCUT2D eigenvalue weighted by atomic mass is 9.86. The number of aryl methyl sites for hydroxylation is 1. The minimum Gasteiger partial charge on any atom is -0.311 e. The summed E-state index contributed by atoms with van der Waals surface area (Å²) in [4.78, 5) is 4.64. The Morgan fingerprint density at radius 3 is 0.959 bits per heavy atom. The quantitative estimate of drug-likeness (QED) is 0.153. The van der Waals surface area contributed by atoms with Crippen LogP contribution in [-0.2, 0) is 10.8 Å². The van der Waals surface area contributed by atoms with Gasteiger partial charge in [0.1, 0.15) is 0 Å². The molecule has 2 heteroatoms. The van der Waals surface area contributed by atoms with E-state index < -0.39 is 0 Å². The Kier molecular flexibility index (Phi) is 9.60. The number of nitrogens with zero attached hydrogens (tertiary/aromatic N) is 2. The van der Waals surface area contributed by atoms with Crippen LogP contribution >= 0.6 is 0 Å². The summed E-state index contributed by atoms with van der Waals surface area (Å²) in [6.45, 7) is 15.7. The molecule has 0 spiro atoms. The lowest BCUT2D eigenvalue weighted by Crippen LogP contribution is -2.14. The molecule has 0 aliphatic rings. The Hall–Kier alpha value is -5.34. The largest absolute Gasteiger partial charge is 0.311 e. The fourth-order valence-electron chi connectivity index (χ4n) is 6.05. The van der Waals surface area contributed by atoms with Gasteiger partial charge in [0, 0.05) is 34.1 Å². The molecule has 0 saturated heterocycles. The van der Waals surface area contributed by atoms with Crippen molar-refractivity contribution < 1.29 is 0 Å². The summed E-state index contributed by atoms with van der Waals surface area (Å²) in [6, 6.07) is 54.9. The molecule has 6 aromatic carbocycles. The van der Waals surface area contributed by atoms with Crippen LogP contribution in [0.25, 0.3) is 12.2 Å². The van der Waals surface area contributed by atoms with Crippen LogP contribution in [0.5, 0.6) is 0 Å². The molecular formula is C47H48N2. The lowest BCUT2D eigenvalue weighted by Gasteiger charge is -2.28. The van der Waals surface area contributed by atoms with Gasteiger partial charge in [-0.15, -0.1) is 0 Å². The van der Waals surface area contributed by atoms with Crippen molar-refractivity contribution in [1.82, 2.24) is 0 Å². The van der Waals surface area contributed by atoms with E-state index in [1.807, 2.05) is 0 Å². The normalized spacial score (nSPS) is 11.9. The fraction of sp³-hybridized carbons (Fsp3) is 0.191. The molecule has 0 aliphatic heterocycles. The summed E-state index contributed by atoms with van der Waals surface area (Å²) in [6.07, 6.45) is 4.38. The molecule has 0 radical (unpaired) electrons. The molecule has 0 heterocycles. The van der Waals surface area contributed by atoms with Crippen molar-refractivity contribution in [3.8, 4) is 0 Å². The Labute approximate surface area is 294 Å². The van der Waals surface area contributed by atoms with Crippen molar-refractivity contribution in [2.24, 2.45) is 0 Å². The fourth-order valence-corrected chi connectivity index (χ4v) is 6.05. The van der Waals surface area contributed by atoms with Gasteiger partial charge < -0.3 is 9.80 Å². The summed E-state index contributed by atoms with van der Waals surface area (Å²) in [5, 5.41) is 0. The van der Waals surface area contributed by atoms with E-state index >= 15 is 0 Å². The molecule has 49 heavy (non-hydrogen) atoms. The standard InChI is InChI=1S/C47H48N2/c1-35-13-25-41(26-14-35)48(40-11-9-8-10-12-40)42-27-17-36(18-28-42)15-16-37-19-29-43(30-20-37)49(44-31-21-38(22-32-44)46(2,3)4)45-33-23-39(24-34-45)47(5,6)7/h8-34H,1-7H3/b16-15+. The SMILES string of the molecule is Cc1ccc(N(c2ccccc2)c2ccc(/C=C/c3ccc(N(c4ccc(C(C)(C)C)cc4)c4ccc(C(C)(C)C)cc4)cc3)cc2)cc1. The van der Waals surface area contributed by atoms with Crippen LogP contribution < -0.4 is 9.80 Å². The summed E-state index contributed by atoms with van der Waals surface area (Å²) < 4.78 is 0. The summed E-state index contributed by atoms with van der Waals surface area (Å²) in [7, 11) is 0. The molecule has 0 unspecified atom stereocenters. The van der Waals surface area contributed by atoms with Crippen molar-refractivity contribution >= 4 is 46.3 Å². The monoisotopic (exact) mass is 640 g/mol. The van der Waals surface area contributed by atoms with Crippen LogP contribution in [0.3, 0.4) is 0 Å². The number of anilines is 6. The zero-order valence-corrected chi connectivity index (χ0v) is 30.0. The van der Waals surface area contributed by atoms with Crippen molar-refractivity contribution in [2.75, 3.05) is 9.80 Å². The van der Waals surface area contributed by atoms with Gasteiger partial charge in [-0.25, -0.2) is 0 Å². The molecule has 0 saturated carbocycles. The van der Waals surface area contributed by atoms with Crippen molar-refractivity contribution in [3.63, 3.8) is 0 Å². The second-order valence-corrected chi connectivity index (χ2v) is 15.0. The van der Waals surface area contributed by atoms with Gasteiger partial charge in [0.25, 0.3) is 0 Å². The van der Waals surface area contributed by atoms with Crippen LogP contribution in [0.1, 0.15) is 69.4 Å². The van der Waals surface area contributed by atoms with Gasteiger partial charge in [-0.05, 0) is 113 Å². The number of rotatable bonds is 8. The first-order valence-electron chi connectivity index (χ1n) is 17.3. The van der Waals surface area contributed by atoms with Gasteiger partial charge >= 0.3 is 0 Å². The maximum atomic E-state index is 2.34. The lowest BCUT2D eigenvalue weighted by molar-refractivity contribution is 0.590. The molecule has 0 fully saturated rings. The van der Waals surface area contributed by atoms with Gasteiger partial charge in [-0.1, -0.05) is 138 Å². The van der Waals surface area contributed by atoms with E-state index in [-0.39, 0.29) is 10.8 Å². The van der Waals surface area contributed by atoms with Crippen molar-refractivity contribution in [2.45, 2.75) is 59.3 Å². The average molecular weight is 641 g/mol. The smallest absolute Gasteiger partial charge is 0.0462 e. The molecule has 0 aliphatic carbocycles. The van der Waals surface area contributed by atoms with Crippen LogP contribution in [0.4, 0.5) is 34.1 Å². The van der Waals surface area contributed by atoms with E-state index in [4.69, 9.17) is 0 Å². The van der Waals surface area contributed by atoms with E-state index in [9.17, 15) is 0 Å². The Balaban J connectivity index is 1.25. The Morgan fingerprint density at radius 2 is 0.633 bits per heavy atom. The zero-order chi connectivity index (χ0) is 34.6. The topological polar surface area (TPSA) is 6.48 Å². The highest BCUT2D eigenvalue weighted by Gasteiger charge is 2.18. The van der Waals surface area contributed by atoms with Gasteiger partial charge in [0.05, 0.1) is 0 Å². The predicted molar refractivity (Wildman–Crippen MR) is 213 cm³/mol. The molecule has 0 amide bonds. The van der Waals surface area contributed by atoms with Crippen LogP contribution in [0.15, 0.2) is 152 Å². The number of para-hydroxylation sites is 1. The van der Waals surface area contributed by atoms with Crippen LogP contribution in [0, 0.1) is 6.92 Å². The van der Waals surface area contributed by atoms with Gasteiger partial charge in [0.2, 0.25) is 0 Å². The first-order chi connectivity index (χ1) is 23.5. The Bertz CT molecular complexity index is 1910. The molecule has 2 nitrogen and oxygen atoms in total. The molecule has 246 valence electrons. The van der Waals surface area contributed by atoms with E-state index in [2.05, 4.69) is 222 Å². The maximum absolute atomic E-state index is 2.34. The first-order valence-corrected chi connectivity index (χ1v) is 17.3. The minimum atomic E-state index is 0.106. The number of hydrogen-bond donors (Lipinski definition) is 0. The Morgan fingerprint density at radius 1 is 0.347 bits per heavy atom. The van der Waals surface area contributed by atoms with Crippen LogP contribution in [0.2, 0.25) is 0 Å². The second-order valence-electron chi connectivity index (χ2n) is 15.0. The number of benzene rings is 6. The number of hydrogen-bond acceptors (Lipinski definition) is 2. The van der Waals surface area contributed by atoms with Gasteiger partial charge in [-0.3, -0.25) is 0 Å². The molecule has 0 N–H and O–H groups in total. The zero-order valence-electron chi connectivity index (χ0n) is 30.0. The third-order valence-corrected chi connectivity index (χ3v) is 9.06. The average Bonchev–Trinajstić information content (AvgIpc) is 3.10. The third-order valence-electron chi connectivity index (χ3n) is 9.06. The summed E-state index contributed by atoms with van der Waals surface area (Å²) >= 11 is 0. The van der Waals surface area contributed by atoms with Crippen molar-refractivity contribution in [1.29, 1.82) is 0 Å². The van der Waals surface area contributed by atoms with Crippen molar-refractivity contribution in [3.05, 3.63) is 179 Å². The maximum Gasteiger partial charge on any atom is 0.0462 e. The third kappa shape index (κ3) is 8.04. The molecule has 0 atom stereocenters. The second kappa shape index (κ2) is 14.0.